The number of hydrogen-bond donors (Lipinski definition) is 3. The second-order valence-electron chi connectivity index (χ2n) is 5.70. The molecule has 3 aromatic rings. The van der Waals surface area contributed by atoms with Gasteiger partial charge in [-0.15, -0.1) is 0 Å². The zero-order valence-corrected chi connectivity index (χ0v) is 12.1. The van der Waals surface area contributed by atoms with Crippen molar-refractivity contribution in [2.24, 2.45) is 7.05 Å². The van der Waals surface area contributed by atoms with Gasteiger partial charge in [0, 0.05) is 41.8 Å². The molecule has 0 bridgehead atoms. The first-order valence-corrected chi connectivity index (χ1v) is 7.20. The van der Waals surface area contributed by atoms with Crippen molar-refractivity contribution in [1.29, 1.82) is 0 Å². The Morgan fingerprint density at radius 3 is 2.95 bits per heavy atom. The Labute approximate surface area is 126 Å². The third-order valence-electron chi connectivity index (χ3n) is 4.27. The van der Waals surface area contributed by atoms with E-state index in [1.54, 1.807) is 10.9 Å². The van der Waals surface area contributed by atoms with Crippen LogP contribution in [0.3, 0.4) is 0 Å². The Kier molecular flexibility index (Phi) is 2.80. The molecule has 0 spiro atoms. The molecule has 2 aromatic heterocycles. The first kappa shape index (κ1) is 13.1. The van der Waals surface area contributed by atoms with Gasteiger partial charge in [0.05, 0.1) is 12.2 Å². The van der Waals surface area contributed by atoms with Gasteiger partial charge in [0.1, 0.15) is 6.04 Å². The monoisotopic (exact) mass is 296 g/mol. The van der Waals surface area contributed by atoms with Crippen molar-refractivity contribution in [2.75, 3.05) is 0 Å². The first-order chi connectivity index (χ1) is 10.6. The molecule has 0 saturated heterocycles. The highest BCUT2D eigenvalue weighted by Crippen LogP contribution is 2.34. The number of rotatable bonds is 2. The van der Waals surface area contributed by atoms with E-state index in [9.17, 15) is 9.90 Å². The molecular formula is C16H16N4O2. The fraction of sp³-hybridized carbons (Fsp3) is 0.250. The predicted octanol–water partition coefficient (Wildman–Crippen LogP) is 1.59. The summed E-state index contributed by atoms with van der Waals surface area (Å²) in [5.41, 5.74) is 4.11. The molecule has 3 N–H and O–H groups in total. The summed E-state index contributed by atoms with van der Waals surface area (Å²) in [6.45, 7) is 0. The highest BCUT2D eigenvalue weighted by molar-refractivity contribution is 5.87. The van der Waals surface area contributed by atoms with Crippen LogP contribution < -0.4 is 5.32 Å². The number of hydrogen-bond acceptors (Lipinski definition) is 3. The van der Waals surface area contributed by atoms with Gasteiger partial charge in [0.15, 0.2) is 0 Å². The van der Waals surface area contributed by atoms with Crippen LogP contribution in [-0.4, -0.2) is 31.9 Å². The zero-order valence-electron chi connectivity index (χ0n) is 12.1. The van der Waals surface area contributed by atoms with Crippen molar-refractivity contribution < 1.29 is 9.90 Å². The van der Waals surface area contributed by atoms with E-state index in [1.165, 1.54) is 0 Å². The van der Waals surface area contributed by atoms with E-state index in [1.807, 2.05) is 37.5 Å². The summed E-state index contributed by atoms with van der Waals surface area (Å²) in [4.78, 5) is 15.0. The number of aryl methyl sites for hydroxylation is 1. The third-order valence-corrected chi connectivity index (χ3v) is 4.27. The Bertz CT molecular complexity index is 864. The number of carbonyl (C=O) groups is 1. The Morgan fingerprint density at radius 2 is 2.23 bits per heavy atom. The number of para-hydroxylation sites is 1. The van der Waals surface area contributed by atoms with Gasteiger partial charge < -0.3 is 10.1 Å². The zero-order chi connectivity index (χ0) is 15.3. The highest BCUT2D eigenvalue weighted by Gasteiger charge is 2.34. The molecule has 6 nitrogen and oxygen atoms in total. The van der Waals surface area contributed by atoms with Crippen molar-refractivity contribution in [3.05, 3.63) is 53.5 Å². The lowest BCUT2D eigenvalue weighted by atomic mass is 9.91. The number of aromatic amines is 1. The molecule has 1 aliphatic heterocycles. The summed E-state index contributed by atoms with van der Waals surface area (Å²) in [6, 6.07) is 7.22. The lowest BCUT2D eigenvalue weighted by Crippen LogP contribution is -2.44. The topological polar surface area (TPSA) is 82.9 Å². The Hall–Kier alpha value is -2.60. The molecule has 3 heterocycles. The minimum absolute atomic E-state index is 0.189. The quantitative estimate of drug-likeness (QED) is 0.670. The van der Waals surface area contributed by atoms with E-state index in [4.69, 9.17) is 0 Å². The van der Waals surface area contributed by atoms with Crippen molar-refractivity contribution in [2.45, 2.75) is 18.5 Å². The van der Waals surface area contributed by atoms with E-state index in [0.717, 1.165) is 27.7 Å². The van der Waals surface area contributed by atoms with Crippen molar-refractivity contribution in [3.63, 3.8) is 0 Å². The molecule has 0 fully saturated rings. The average Bonchev–Trinajstić information content (AvgIpc) is 3.09. The summed E-state index contributed by atoms with van der Waals surface area (Å²) in [5.74, 6) is -0.829. The molecule has 0 unspecified atom stereocenters. The number of aliphatic carboxylic acids is 1. The summed E-state index contributed by atoms with van der Waals surface area (Å²) in [6.07, 6.45) is 4.17. The number of nitrogens with zero attached hydrogens (tertiary/aromatic N) is 2. The van der Waals surface area contributed by atoms with Gasteiger partial charge in [0.25, 0.3) is 0 Å². The summed E-state index contributed by atoms with van der Waals surface area (Å²) in [7, 11) is 1.85. The first-order valence-electron chi connectivity index (χ1n) is 7.20. The molecule has 0 amide bonds. The standard InChI is InChI=1S/C16H16N4O2/c1-20-8-9(7-17-20)14-15-11(6-13(19-14)16(21)22)10-4-2-3-5-12(10)18-15/h2-5,7-8,13-14,18-19H,6H2,1H3,(H,21,22)/t13-,14+/m1/s1. The minimum Gasteiger partial charge on any atom is -0.480 e. The second-order valence-corrected chi connectivity index (χ2v) is 5.70. The lowest BCUT2D eigenvalue weighted by Gasteiger charge is -2.28. The number of H-pyrrole nitrogens is 1. The van der Waals surface area contributed by atoms with E-state index < -0.39 is 12.0 Å². The molecule has 22 heavy (non-hydrogen) atoms. The van der Waals surface area contributed by atoms with Gasteiger partial charge in [-0.1, -0.05) is 18.2 Å². The molecule has 0 aliphatic carbocycles. The third kappa shape index (κ3) is 1.92. The van der Waals surface area contributed by atoms with E-state index in [2.05, 4.69) is 15.4 Å². The highest BCUT2D eigenvalue weighted by atomic mass is 16.4. The number of aromatic nitrogens is 3. The molecule has 4 rings (SSSR count). The molecule has 2 atom stereocenters. The maximum atomic E-state index is 11.5. The van der Waals surface area contributed by atoms with Crippen molar-refractivity contribution in [1.82, 2.24) is 20.1 Å². The Morgan fingerprint density at radius 1 is 1.41 bits per heavy atom. The van der Waals surface area contributed by atoms with Crippen LogP contribution in [-0.2, 0) is 18.3 Å². The normalized spacial score (nSPS) is 21.0. The number of carboxylic acid groups (broad SMARTS) is 1. The minimum atomic E-state index is -0.829. The fourth-order valence-electron chi connectivity index (χ4n) is 3.25. The van der Waals surface area contributed by atoms with E-state index in [-0.39, 0.29) is 6.04 Å². The fourth-order valence-corrected chi connectivity index (χ4v) is 3.25. The number of carboxylic acids is 1. The van der Waals surface area contributed by atoms with Crippen LogP contribution in [0.25, 0.3) is 10.9 Å². The van der Waals surface area contributed by atoms with Gasteiger partial charge in [-0.05, 0) is 11.6 Å². The van der Waals surface area contributed by atoms with Gasteiger partial charge in [-0.25, -0.2) is 0 Å². The molecule has 0 radical (unpaired) electrons. The predicted molar refractivity (Wildman–Crippen MR) is 81.6 cm³/mol. The summed E-state index contributed by atoms with van der Waals surface area (Å²) >= 11 is 0. The van der Waals surface area contributed by atoms with Crippen LogP contribution in [0.2, 0.25) is 0 Å². The summed E-state index contributed by atoms with van der Waals surface area (Å²) < 4.78 is 1.73. The van der Waals surface area contributed by atoms with Crippen LogP contribution in [0, 0.1) is 0 Å². The maximum absolute atomic E-state index is 11.5. The van der Waals surface area contributed by atoms with E-state index in [0.29, 0.717) is 6.42 Å². The summed E-state index contributed by atoms with van der Waals surface area (Å²) in [5, 5.41) is 18.0. The van der Waals surface area contributed by atoms with Gasteiger partial charge >= 0.3 is 5.97 Å². The van der Waals surface area contributed by atoms with Crippen LogP contribution >= 0.6 is 0 Å². The molecule has 6 heteroatoms. The average molecular weight is 296 g/mol. The lowest BCUT2D eigenvalue weighted by molar-refractivity contribution is -0.139. The van der Waals surface area contributed by atoms with Crippen molar-refractivity contribution >= 4 is 16.9 Å². The largest absolute Gasteiger partial charge is 0.480 e. The number of benzene rings is 1. The van der Waals surface area contributed by atoms with Gasteiger partial charge in [0.2, 0.25) is 0 Å². The molecular weight excluding hydrogens is 280 g/mol. The van der Waals surface area contributed by atoms with Crippen LogP contribution in [0.4, 0.5) is 0 Å². The Balaban J connectivity index is 1.91. The molecule has 0 saturated carbocycles. The number of nitrogens with one attached hydrogen (secondary N) is 2. The second kappa shape index (κ2) is 4.71. The SMILES string of the molecule is Cn1cc([C@@H]2N[C@@H](C(=O)O)Cc3c2[nH]c2ccccc32)cn1. The smallest absolute Gasteiger partial charge is 0.321 e. The van der Waals surface area contributed by atoms with Crippen LogP contribution in [0.1, 0.15) is 22.9 Å². The van der Waals surface area contributed by atoms with Crippen LogP contribution in [0.5, 0.6) is 0 Å². The van der Waals surface area contributed by atoms with E-state index >= 15 is 0 Å². The van der Waals surface area contributed by atoms with Gasteiger partial charge in [-0.2, -0.15) is 5.10 Å². The number of fused-ring (bicyclic) bond motifs is 3. The van der Waals surface area contributed by atoms with Crippen molar-refractivity contribution in [3.8, 4) is 0 Å². The van der Waals surface area contributed by atoms with Gasteiger partial charge in [-0.3, -0.25) is 14.8 Å². The maximum Gasteiger partial charge on any atom is 0.321 e. The molecule has 112 valence electrons. The molecule has 1 aromatic carbocycles. The molecule has 1 aliphatic rings. The van der Waals surface area contributed by atoms with Crippen LogP contribution in [0.15, 0.2) is 36.7 Å².